The fourth-order valence-corrected chi connectivity index (χ4v) is 3.80. The summed E-state index contributed by atoms with van der Waals surface area (Å²) in [5.74, 6) is -0.504. The quantitative estimate of drug-likeness (QED) is 0.752. The summed E-state index contributed by atoms with van der Waals surface area (Å²) in [6.07, 6.45) is 5.68. The van der Waals surface area contributed by atoms with Crippen molar-refractivity contribution in [3.8, 4) is 5.75 Å². The van der Waals surface area contributed by atoms with E-state index in [9.17, 15) is 9.90 Å². The number of hydrogen-bond acceptors (Lipinski definition) is 5. The lowest BCUT2D eigenvalue weighted by atomic mass is 10.3. The van der Waals surface area contributed by atoms with E-state index in [1.807, 2.05) is 28.2 Å². The summed E-state index contributed by atoms with van der Waals surface area (Å²) in [5, 5.41) is 11.2. The first-order chi connectivity index (χ1) is 10.2. The number of ether oxygens (including phenoxy) is 1. The first kappa shape index (κ1) is 14.1. The van der Waals surface area contributed by atoms with Crippen LogP contribution in [0.4, 0.5) is 0 Å². The van der Waals surface area contributed by atoms with Gasteiger partial charge in [-0.2, -0.15) is 0 Å². The zero-order valence-corrected chi connectivity index (χ0v) is 13.0. The summed E-state index contributed by atoms with van der Waals surface area (Å²) in [6, 6.07) is 1.83. The topological polar surface area (TPSA) is 63.8 Å². The minimum atomic E-state index is -0.942. The Balaban J connectivity index is 1.77. The highest BCUT2D eigenvalue weighted by Gasteiger charge is 2.17. The molecule has 3 heterocycles. The van der Waals surface area contributed by atoms with E-state index in [1.165, 1.54) is 11.3 Å². The Morgan fingerprint density at radius 2 is 2.38 bits per heavy atom. The number of carboxylic acid groups (broad SMARTS) is 1. The largest absolute Gasteiger partial charge is 0.485 e. The van der Waals surface area contributed by atoms with Gasteiger partial charge in [0.2, 0.25) is 0 Å². The summed E-state index contributed by atoms with van der Waals surface area (Å²) in [4.78, 5) is 17.9. The van der Waals surface area contributed by atoms with Crippen molar-refractivity contribution in [3.63, 3.8) is 0 Å². The summed E-state index contributed by atoms with van der Waals surface area (Å²) < 4.78 is 7.60. The van der Waals surface area contributed by atoms with Crippen LogP contribution in [-0.4, -0.2) is 20.5 Å². The maximum absolute atomic E-state index is 11.3. The summed E-state index contributed by atoms with van der Waals surface area (Å²) in [5.41, 5.74) is 0.793. The molecule has 0 aliphatic rings. The van der Waals surface area contributed by atoms with E-state index in [4.69, 9.17) is 4.74 Å². The average Bonchev–Trinajstić information content (AvgIpc) is 3.09. The Bertz CT molecular complexity index is 744. The lowest BCUT2D eigenvalue weighted by Gasteiger charge is -2.02. The average molecular weight is 322 g/mol. The number of rotatable bonds is 6. The molecule has 3 aromatic rings. The molecule has 1 N–H and O–H groups in total. The lowest BCUT2D eigenvalue weighted by Crippen LogP contribution is -2.00. The van der Waals surface area contributed by atoms with Crippen molar-refractivity contribution >= 4 is 33.6 Å². The molecule has 0 saturated heterocycles. The van der Waals surface area contributed by atoms with Gasteiger partial charge in [-0.25, -0.2) is 9.78 Å². The molecule has 3 aromatic heterocycles. The third kappa shape index (κ3) is 2.93. The zero-order chi connectivity index (χ0) is 14.8. The number of thiazole rings is 1. The van der Waals surface area contributed by atoms with Gasteiger partial charge < -0.3 is 9.84 Å². The van der Waals surface area contributed by atoms with Crippen LogP contribution in [0.15, 0.2) is 23.8 Å². The van der Waals surface area contributed by atoms with E-state index >= 15 is 0 Å². The smallest absolute Gasteiger partial charge is 0.349 e. The van der Waals surface area contributed by atoms with Crippen LogP contribution < -0.4 is 4.74 Å². The number of aromatic carboxylic acids is 1. The van der Waals surface area contributed by atoms with Gasteiger partial charge in [-0.3, -0.25) is 4.40 Å². The minimum Gasteiger partial charge on any atom is -0.485 e. The minimum absolute atomic E-state index is 0.263. The summed E-state index contributed by atoms with van der Waals surface area (Å²) >= 11 is 2.84. The van der Waals surface area contributed by atoms with Crippen LogP contribution in [0.2, 0.25) is 0 Å². The highest BCUT2D eigenvalue weighted by atomic mass is 32.1. The lowest BCUT2D eigenvalue weighted by molar-refractivity contribution is 0.0697. The number of carbonyl (C=O) groups is 1. The van der Waals surface area contributed by atoms with Gasteiger partial charge in [0.05, 0.1) is 5.69 Å². The van der Waals surface area contributed by atoms with Gasteiger partial charge in [-0.1, -0.05) is 13.3 Å². The summed E-state index contributed by atoms with van der Waals surface area (Å²) in [7, 11) is 0. The Labute approximate surface area is 129 Å². The van der Waals surface area contributed by atoms with E-state index in [1.54, 1.807) is 11.3 Å². The second kappa shape index (κ2) is 5.87. The zero-order valence-electron chi connectivity index (χ0n) is 11.4. The number of aromatic nitrogens is 2. The molecule has 0 amide bonds. The molecule has 0 radical (unpaired) electrons. The number of imidazole rings is 1. The third-order valence-corrected chi connectivity index (χ3v) is 4.89. The molecule has 0 aromatic carbocycles. The van der Waals surface area contributed by atoms with Crippen LogP contribution >= 0.6 is 22.7 Å². The molecule has 110 valence electrons. The molecule has 0 fully saturated rings. The van der Waals surface area contributed by atoms with E-state index < -0.39 is 5.97 Å². The molecule has 0 aliphatic heterocycles. The van der Waals surface area contributed by atoms with Crippen LogP contribution in [0, 0.1) is 0 Å². The maximum Gasteiger partial charge on any atom is 0.349 e. The van der Waals surface area contributed by atoms with Crippen molar-refractivity contribution in [2.75, 3.05) is 0 Å². The van der Waals surface area contributed by atoms with E-state index in [-0.39, 0.29) is 11.5 Å². The number of thiophene rings is 1. The number of carboxylic acids is 1. The third-order valence-electron chi connectivity index (χ3n) is 2.96. The van der Waals surface area contributed by atoms with Crippen molar-refractivity contribution in [2.45, 2.75) is 26.4 Å². The monoisotopic (exact) mass is 322 g/mol. The van der Waals surface area contributed by atoms with Crippen molar-refractivity contribution in [1.82, 2.24) is 9.38 Å². The molecule has 0 aliphatic carbocycles. The molecular formula is C14H14N2O3S2. The van der Waals surface area contributed by atoms with E-state index in [0.29, 0.717) is 5.75 Å². The van der Waals surface area contributed by atoms with Crippen molar-refractivity contribution in [2.24, 2.45) is 0 Å². The van der Waals surface area contributed by atoms with Gasteiger partial charge in [0.15, 0.2) is 9.84 Å². The van der Waals surface area contributed by atoms with Crippen LogP contribution in [0.1, 0.15) is 33.6 Å². The number of aryl methyl sites for hydroxylation is 1. The van der Waals surface area contributed by atoms with Gasteiger partial charge in [0.25, 0.3) is 0 Å². The van der Waals surface area contributed by atoms with Gasteiger partial charge in [-0.05, 0) is 12.5 Å². The molecule has 0 saturated carbocycles. The fraction of sp³-hybridized carbons (Fsp3) is 0.286. The normalized spacial score (nSPS) is 11.1. The van der Waals surface area contributed by atoms with E-state index in [2.05, 4.69) is 11.9 Å². The fourth-order valence-electron chi connectivity index (χ4n) is 2.05. The van der Waals surface area contributed by atoms with Crippen LogP contribution in [0.3, 0.4) is 0 Å². The predicted molar refractivity (Wildman–Crippen MR) is 82.7 cm³/mol. The Kier molecular flexibility index (Phi) is 3.94. The first-order valence-corrected chi connectivity index (χ1v) is 8.27. The second-order valence-electron chi connectivity index (χ2n) is 4.58. The van der Waals surface area contributed by atoms with Crippen molar-refractivity contribution < 1.29 is 14.6 Å². The molecule has 5 nitrogen and oxygen atoms in total. The van der Waals surface area contributed by atoms with Gasteiger partial charge in [-0.15, -0.1) is 22.7 Å². The van der Waals surface area contributed by atoms with Crippen LogP contribution in [0.25, 0.3) is 4.96 Å². The number of fused-ring (bicyclic) bond motifs is 1. The van der Waals surface area contributed by atoms with Crippen LogP contribution in [-0.2, 0) is 13.0 Å². The Morgan fingerprint density at radius 1 is 1.52 bits per heavy atom. The second-order valence-corrected chi connectivity index (χ2v) is 6.58. The highest BCUT2D eigenvalue weighted by Crippen LogP contribution is 2.31. The molecule has 7 heteroatoms. The molecule has 0 atom stereocenters. The van der Waals surface area contributed by atoms with Crippen molar-refractivity contribution in [3.05, 3.63) is 39.3 Å². The van der Waals surface area contributed by atoms with Crippen molar-refractivity contribution in [1.29, 1.82) is 0 Å². The molecule has 0 unspecified atom stereocenters. The number of nitrogens with zero attached hydrogens (tertiary/aromatic N) is 2. The molecule has 3 rings (SSSR count). The van der Waals surface area contributed by atoms with Crippen LogP contribution in [0.5, 0.6) is 5.75 Å². The van der Waals surface area contributed by atoms with Gasteiger partial charge >= 0.3 is 5.97 Å². The first-order valence-electron chi connectivity index (χ1n) is 6.57. The maximum atomic E-state index is 11.3. The SMILES string of the molecule is CCCc1cc(OCc2cn3ccsc3n2)c(C(=O)O)s1. The Morgan fingerprint density at radius 3 is 3.10 bits per heavy atom. The highest BCUT2D eigenvalue weighted by molar-refractivity contribution is 7.15. The predicted octanol–water partition coefficient (Wildman–Crippen LogP) is 3.69. The standard InChI is InChI=1S/C14H14N2O3S2/c1-2-3-10-6-11(12(21-10)13(17)18)19-8-9-7-16-4-5-20-14(16)15-9/h4-7H,2-3,8H2,1H3,(H,17,18). The summed E-state index contributed by atoms with van der Waals surface area (Å²) in [6.45, 7) is 2.34. The number of hydrogen-bond donors (Lipinski definition) is 1. The molecule has 21 heavy (non-hydrogen) atoms. The molecule has 0 spiro atoms. The molecular weight excluding hydrogens is 308 g/mol. The van der Waals surface area contributed by atoms with Gasteiger partial charge in [0, 0.05) is 22.7 Å². The van der Waals surface area contributed by atoms with Gasteiger partial charge in [0.1, 0.15) is 12.4 Å². The Hall–Kier alpha value is -1.86. The molecule has 0 bridgehead atoms. The van der Waals surface area contributed by atoms with E-state index in [0.717, 1.165) is 28.4 Å².